The maximum atomic E-state index is 12.5. The highest BCUT2D eigenvalue weighted by molar-refractivity contribution is 7.99. The highest BCUT2D eigenvalue weighted by Crippen LogP contribution is 2.24. The first kappa shape index (κ1) is 18.3. The molecule has 0 saturated carbocycles. The zero-order chi connectivity index (χ0) is 17.6. The highest BCUT2D eigenvalue weighted by Gasteiger charge is 2.24. The van der Waals surface area contributed by atoms with Crippen LogP contribution in [0.2, 0.25) is 0 Å². The first-order valence-corrected chi connectivity index (χ1v) is 10.6. The van der Waals surface area contributed by atoms with Crippen LogP contribution in [0.4, 0.5) is 0 Å². The SMILES string of the molecule is CC(C)Sc1ccc(CC(=O)N2CCC(Oc3ccsc3)CC2)cc1. The lowest BCUT2D eigenvalue weighted by molar-refractivity contribution is -0.132. The zero-order valence-electron chi connectivity index (χ0n) is 14.8. The lowest BCUT2D eigenvalue weighted by Crippen LogP contribution is -2.42. The summed E-state index contributed by atoms with van der Waals surface area (Å²) in [5.41, 5.74) is 1.09. The third kappa shape index (κ3) is 5.51. The molecule has 0 bridgehead atoms. The van der Waals surface area contributed by atoms with Crippen molar-refractivity contribution in [3.05, 3.63) is 46.7 Å². The molecule has 1 aliphatic rings. The molecule has 25 heavy (non-hydrogen) atoms. The predicted octanol–water partition coefficient (Wildman–Crippen LogP) is 4.86. The van der Waals surface area contributed by atoms with Crippen LogP contribution in [0.25, 0.3) is 0 Å². The Morgan fingerprint density at radius 2 is 1.96 bits per heavy atom. The highest BCUT2D eigenvalue weighted by atomic mass is 32.2. The Hall–Kier alpha value is -1.46. The van der Waals surface area contributed by atoms with Crippen LogP contribution in [0.3, 0.4) is 0 Å². The monoisotopic (exact) mass is 375 g/mol. The van der Waals surface area contributed by atoms with Crippen molar-refractivity contribution in [3.8, 4) is 5.75 Å². The number of benzene rings is 1. The van der Waals surface area contributed by atoms with Gasteiger partial charge in [-0.05, 0) is 29.1 Å². The van der Waals surface area contributed by atoms with Crippen molar-refractivity contribution >= 4 is 29.0 Å². The molecular weight excluding hydrogens is 350 g/mol. The summed E-state index contributed by atoms with van der Waals surface area (Å²) in [5.74, 6) is 1.17. The predicted molar refractivity (Wildman–Crippen MR) is 106 cm³/mol. The Morgan fingerprint density at radius 3 is 2.56 bits per heavy atom. The van der Waals surface area contributed by atoms with Crippen LogP contribution in [-0.4, -0.2) is 35.3 Å². The van der Waals surface area contributed by atoms with E-state index >= 15 is 0 Å². The average Bonchev–Trinajstić information content (AvgIpc) is 3.10. The number of amides is 1. The normalized spacial score (nSPS) is 15.6. The Bertz CT molecular complexity index is 660. The summed E-state index contributed by atoms with van der Waals surface area (Å²) in [6.07, 6.45) is 2.53. The molecule has 5 heteroatoms. The maximum Gasteiger partial charge on any atom is 0.226 e. The maximum absolute atomic E-state index is 12.5. The summed E-state index contributed by atoms with van der Waals surface area (Å²) in [4.78, 5) is 15.8. The number of hydrogen-bond donors (Lipinski definition) is 0. The van der Waals surface area contributed by atoms with Crippen LogP contribution in [-0.2, 0) is 11.2 Å². The van der Waals surface area contributed by atoms with Gasteiger partial charge in [-0.25, -0.2) is 0 Å². The zero-order valence-corrected chi connectivity index (χ0v) is 16.4. The fourth-order valence-electron chi connectivity index (χ4n) is 2.98. The molecule has 1 fully saturated rings. The van der Waals surface area contributed by atoms with Gasteiger partial charge in [0.15, 0.2) is 0 Å². The van der Waals surface area contributed by atoms with Crippen molar-refractivity contribution < 1.29 is 9.53 Å². The lowest BCUT2D eigenvalue weighted by atomic mass is 10.1. The van der Waals surface area contributed by atoms with E-state index in [1.165, 1.54) is 4.90 Å². The van der Waals surface area contributed by atoms with Gasteiger partial charge in [0.05, 0.1) is 6.42 Å². The summed E-state index contributed by atoms with van der Waals surface area (Å²) < 4.78 is 5.96. The van der Waals surface area contributed by atoms with Gasteiger partial charge in [0.1, 0.15) is 11.9 Å². The number of thioether (sulfide) groups is 1. The van der Waals surface area contributed by atoms with Crippen molar-refractivity contribution in [2.24, 2.45) is 0 Å². The van der Waals surface area contributed by atoms with Crippen LogP contribution in [0, 0.1) is 0 Å². The van der Waals surface area contributed by atoms with Gasteiger partial charge in [-0.1, -0.05) is 26.0 Å². The first-order chi connectivity index (χ1) is 12.1. The summed E-state index contributed by atoms with van der Waals surface area (Å²) in [7, 11) is 0. The van der Waals surface area contributed by atoms with E-state index in [-0.39, 0.29) is 12.0 Å². The number of hydrogen-bond acceptors (Lipinski definition) is 4. The molecule has 3 nitrogen and oxygen atoms in total. The van der Waals surface area contributed by atoms with Crippen molar-refractivity contribution in [3.63, 3.8) is 0 Å². The van der Waals surface area contributed by atoms with Crippen LogP contribution in [0.5, 0.6) is 5.75 Å². The second-order valence-electron chi connectivity index (χ2n) is 6.64. The second kappa shape index (κ2) is 8.77. The Kier molecular flexibility index (Phi) is 6.43. The first-order valence-electron chi connectivity index (χ1n) is 8.82. The molecule has 0 spiro atoms. The molecule has 134 valence electrons. The Morgan fingerprint density at radius 1 is 1.24 bits per heavy atom. The molecule has 2 heterocycles. The summed E-state index contributed by atoms with van der Waals surface area (Å²) in [6.45, 7) is 5.95. The van der Waals surface area contributed by atoms with E-state index in [2.05, 4.69) is 38.1 Å². The molecule has 0 unspecified atom stereocenters. The van der Waals surface area contributed by atoms with Crippen molar-refractivity contribution in [2.75, 3.05) is 13.1 Å². The lowest BCUT2D eigenvalue weighted by Gasteiger charge is -2.32. The largest absolute Gasteiger partial charge is 0.489 e. The number of piperidine rings is 1. The molecule has 0 atom stereocenters. The molecule has 0 radical (unpaired) electrons. The smallest absolute Gasteiger partial charge is 0.226 e. The standard InChI is InChI=1S/C20H25NO2S2/c1-15(2)25-19-5-3-16(4-6-19)13-20(22)21-10-7-17(8-11-21)23-18-9-12-24-14-18/h3-6,9,12,14-15,17H,7-8,10-11,13H2,1-2H3. The Labute approximate surface area is 158 Å². The third-order valence-electron chi connectivity index (χ3n) is 4.24. The summed E-state index contributed by atoms with van der Waals surface area (Å²) >= 11 is 3.49. The average molecular weight is 376 g/mol. The van der Waals surface area contributed by atoms with Crippen molar-refractivity contribution in [1.82, 2.24) is 4.90 Å². The van der Waals surface area contributed by atoms with Gasteiger partial charge in [0, 0.05) is 41.5 Å². The fourth-order valence-corrected chi connectivity index (χ4v) is 4.38. The minimum Gasteiger partial charge on any atom is -0.489 e. The number of nitrogens with zero attached hydrogens (tertiary/aromatic N) is 1. The molecule has 0 N–H and O–H groups in total. The molecule has 3 rings (SSSR count). The van der Waals surface area contributed by atoms with Crippen molar-refractivity contribution in [2.45, 2.75) is 49.4 Å². The van der Waals surface area contributed by atoms with Gasteiger partial charge in [0.2, 0.25) is 5.91 Å². The van der Waals surface area contributed by atoms with Gasteiger partial charge in [-0.2, -0.15) is 0 Å². The van der Waals surface area contributed by atoms with E-state index in [1.54, 1.807) is 11.3 Å². The number of carbonyl (C=O) groups is 1. The summed E-state index contributed by atoms with van der Waals surface area (Å²) in [6, 6.07) is 10.4. The minimum atomic E-state index is 0.221. The third-order valence-corrected chi connectivity index (χ3v) is 5.92. The molecule has 1 saturated heterocycles. The van der Waals surface area contributed by atoms with Crippen molar-refractivity contribution in [1.29, 1.82) is 0 Å². The number of thiophene rings is 1. The molecule has 1 amide bonds. The van der Waals surface area contributed by atoms with Gasteiger partial charge in [-0.15, -0.1) is 23.1 Å². The van der Waals surface area contributed by atoms with Crippen LogP contribution in [0.15, 0.2) is 46.0 Å². The summed E-state index contributed by atoms with van der Waals surface area (Å²) in [5, 5.41) is 4.63. The molecule has 1 aromatic heterocycles. The fraction of sp³-hybridized carbons (Fsp3) is 0.450. The topological polar surface area (TPSA) is 29.5 Å². The Balaban J connectivity index is 1.46. The van der Waals surface area contributed by atoms with Crippen LogP contribution in [0.1, 0.15) is 32.3 Å². The van der Waals surface area contributed by atoms with Gasteiger partial charge in [-0.3, -0.25) is 4.79 Å². The van der Waals surface area contributed by atoms with E-state index in [0.29, 0.717) is 11.7 Å². The molecule has 1 aliphatic heterocycles. The quantitative estimate of drug-likeness (QED) is 0.675. The number of carbonyl (C=O) groups excluding carboxylic acids is 1. The van der Waals surface area contributed by atoms with Crippen LogP contribution >= 0.6 is 23.1 Å². The van der Waals surface area contributed by atoms with E-state index < -0.39 is 0 Å². The molecule has 2 aromatic rings. The number of likely N-dealkylation sites (tertiary alicyclic amines) is 1. The number of ether oxygens (including phenoxy) is 1. The van der Waals surface area contributed by atoms with Crippen LogP contribution < -0.4 is 4.74 Å². The van der Waals surface area contributed by atoms with Gasteiger partial charge < -0.3 is 9.64 Å². The second-order valence-corrected chi connectivity index (χ2v) is 9.07. The molecule has 1 aromatic carbocycles. The van der Waals surface area contributed by atoms with E-state index in [9.17, 15) is 4.79 Å². The van der Waals surface area contributed by atoms with E-state index in [1.807, 2.05) is 33.5 Å². The van der Waals surface area contributed by atoms with Gasteiger partial charge in [0.25, 0.3) is 0 Å². The van der Waals surface area contributed by atoms with E-state index in [4.69, 9.17) is 4.74 Å². The minimum absolute atomic E-state index is 0.221. The molecular formula is C20H25NO2S2. The van der Waals surface area contributed by atoms with Gasteiger partial charge >= 0.3 is 0 Å². The number of rotatable bonds is 6. The molecule has 0 aliphatic carbocycles. The van der Waals surface area contributed by atoms with E-state index in [0.717, 1.165) is 37.2 Å².